The van der Waals surface area contributed by atoms with E-state index in [2.05, 4.69) is 22.5 Å². The molecular weight excluding hydrogens is 318 g/mol. The number of carbonyl (C=O) groups excluding carboxylic acids is 1. The molecule has 0 saturated heterocycles. The van der Waals surface area contributed by atoms with Gasteiger partial charge < -0.3 is 9.47 Å². The Morgan fingerprint density at radius 3 is 2.74 bits per heavy atom. The van der Waals surface area contributed by atoms with E-state index >= 15 is 0 Å². The smallest absolute Gasteiger partial charge is 0.336 e. The third-order valence-corrected chi connectivity index (χ3v) is 2.50. The van der Waals surface area contributed by atoms with Crippen LogP contribution in [0.5, 0.6) is 5.75 Å². The fourth-order valence-corrected chi connectivity index (χ4v) is 1.66. The van der Waals surface area contributed by atoms with E-state index in [0.717, 1.165) is 0 Å². The van der Waals surface area contributed by atoms with Crippen molar-refractivity contribution in [3.63, 3.8) is 0 Å². The zero-order valence-electron chi connectivity index (χ0n) is 10.2. The van der Waals surface area contributed by atoms with Crippen LogP contribution in [0.15, 0.2) is 34.8 Å². The summed E-state index contributed by atoms with van der Waals surface area (Å²) in [5.41, 5.74) is 0.0376. The third-order valence-electron chi connectivity index (χ3n) is 2.04. The zero-order valence-corrected chi connectivity index (χ0v) is 11.8. The van der Waals surface area contributed by atoms with Gasteiger partial charge in [0.15, 0.2) is 0 Å². The number of hydrogen-bond donors (Lipinski definition) is 0. The van der Waals surface area contributed by atoms with E-state index in [-0.39, 0.29) is 30.2 Å². The highest BCUT2D eigenvalue weighted by molar-refractivity contribution is 9.10. The number of nitro benzene ring substituents is 1. The molecule has 0 amide bonds. The van der Waals surface area contributed by atoms with Gasteiger partial charge in [0.2, 0.25) is 0 Å². The van der Waals surface area contributed by atoms with Gasteiger partial charge in [0, 0.05) is 10.5 Å². The number of esters is 1. The zero-order chi connectivity index (χ0) is 14.4. The maximum atomic E-state index is 11.3. The molecule has 0 atom stereocenters. The minimum Gasteiger partial charge on any atom is -0.488 e. The van der Waals surface area contributed by atoms with E-state index in [4.69, 9.17) is 9.47 Å². The molecule has 0 fully saturated rings. The van der Waals surface area contributed by atoms with Crippen LogP contribution in [0, 0.1) is 10.1 Å². The number of carbonyl (C=O) groups is 1. The second-order valence-corrected chi connectivity index (χ2v) is 4.43. The lowest BCUT2D eigenvalue weighted by Gasteiger charge is -2.08. The van der Waals surface area contributed by atoms with Gasteiger partial charge in [-0.25, -0.2) is 4.79 Å². The van der Waals surface area contributed by atoms with Crippen molar-refractivity contribution in [2.45, 2.75) is 6.92 Å². The summed E-state index contributed by atoms with van der Waals surface area (Å²) in [5, 5.41) is 10.7. The fraction of sp³-hybridized carbons (Fsp3) is 0.250. The maximum absolute atomic E-state index is 11.3. The van der Waals surface area contributed by atoms with Gasteiger partial charge >= 0.3 is 5.97 Å². The average molecular weight is 330 g/mol. The van der Waals surface area contributed by atoms with E-state index in [9.17, 15) is 14.9 Å². The Labute approximate surface area is 118 Å². The molecule has 19 heavy (non-hydrogen) atoms. The van der Waals surface area contributed by atoms with Crippen LogP contribution in [0.4, 0.5) is 5.69 Å². The van der Waals surface area contributed by atoms with Gasteiger partial charge in [-0.1, -0.05) is 22.5 Å². The monoisotopic (exact) mass is 329 g/mol. The van der Waals surface area contributed by atoms with Crippen molar-refractivity contribution in [3.8, 4) is 5.75 Å². The lowest BCUT2D eigenvalue weighted by atomic mass is 10.3. The second-order valence-electron chi connectivity index (χ2n) is 3.51. The molecular formula is C12H12BrNO5. The van der Waals surface area contributed by atoms with Gasteiger partial charge in [-0.15, -0.1) is 0 Å². The van der Waals surface area contributed by atoms with E-state index in [0.29, 0.717) is 4.47 Å². The summed E-state index contributed by atoms with van der Waals surface area (Å²) < 4.78 is 10.5. The second kappa shape index (κ2) is 6.89. The molecule has 6 nitrogen and oxygen atoms in total. The fourth-order valence-electron chi connectivity index (χ4n) is 1.20. The number of nitrogens with zero attached hydrogens (tertiary/aromatic N) is 1. The van der Waals surface area contributed by atoms with Gasteiger partial charge in [0.25, 0.3) is 5.69 Å². The van der Waals surface area contributed by atoms with Gasteiger partial charge in [-0.05, 0) is 13.0 Å². The standard InChI is InChI=1S/C12H12BrNO5/c1-3-18-12(15)8(2)7-19-11-5-9(13)4-10(6-11)14(16)17/h4-6H,2-3,7H2,1H3. The van der Waals surface area contributed by atoms with Crippen LogP contribution in [0.3, 0.4) is 0 Å². The molecule has 7 heteroatoms. The molecule has 0 N–H and O–H groups in total. The molecule has 0 aliphatic heterocycles. The van der Waals surface area contributed by atoms with E-state index in [1.165, 1.54) is 12.1 Å². The van der Waals surface area contributed by atoms with Crippen LogP contribution in [-0.2, 0) is 9.53 Å². The van der Waals surface area contributed by atoms with Crippen molar-refractivity contribution in [2.24, 2.45) is 0 Å². The Bertz CT molecular complexity index is 515. The summed E-state index contributed by atoms with van der Waals surface area (Å²) in [4.78, 5) is 21.4. The van der Waals surface area contributed by atoms with E-state index < -0.39 is 10.9 Å². The van der Waals surface area contributed by atoms with Crippen LogP contribution in [-0.4, -0.2) is 24.1 Å². The lowest BCUT2D eigenvalue weighted by molar-refractivity contribution is -0.385. The third kappa shape index (κ3) is 4.70. The van der Waals surface area contributed by atoms with E-state index in [1.54, 1.807) is 13.0 Å². The predicted octanol–water partition coefficient (Wildman–Crippen LogP) is 2.86. The lowest BCUT2D eigenvalue weighted by Crippen LogP contribution is -2.13. The topological polar surface area (TPSA) is 78.7 Å². The Morgan fingerprint density at radius 1 is 1.47 bits per heavy atom. The number of nitro groups is 1. The quantitative estimate of drug-likeness (QED) is 0.347. The highest BCUT2D eigenvalue weighted by Gasteiger charge is 2.12. The highest BCUT2D eigenvalue weighted by atomic mass is 79.9. The van der Waals surface area contributed by atoms with Crippen LogP contribution in [0.2, 0.25) is 0 Å². The summed E-state index contributed by atoms with van der Waals surface area (Å²) in [6, 6.07) is 4.18. The largest absolute Gasteiger partial charge is 0.488 e. The summed E-state index contributed by atoms with van der Waals surface area (Å²) in [6.07, 6.45) is 0. The van der Waals surface area contributed by atoms with Crippen LogP contribution in [0.1, 0.15) is 6.92 Å². The summed E-state index contributed by atoms with van der Waals surface area (Å²) in [5.74, 6) is -0.279. The van der Waals surface area contributed by atoms with Crippen LogP contribution < -0.4 is 4.74 Å². The first kappa shape index (κ1) is 15.2. The van der Waals surface area contributed by atoms with Crippen molar-refractivity contribution >= 4 is 27.6 Å². The minimum atomic E-state index is -0.549. The highest BCUT2D eigenvalue weighted by Crippen LogP contribution is 2.26. The SMILES string of the molecule is C=C(COc1cc(Br)cc([N+](=O)[O-])c1)C(=O)OCC. The molecule has 1 aromatic carbocycles. The van der Waals surface area contributed by atoms with Crippen molar-refractivity contribution in [1.82, 2.24) is 0 Å². The first-order chi connectivity index (χ1) is 8.93. The van der Waals surface area contributed by atoms with Crippen molar-refractivity contribution in [2.75, 3.05) is 13.2 Å². The maximum Gasteiger partial charge on any atom is 0.336 e. The van der Waals surface area contributed by atoms with Crippen molar-refractivity contribution in [3.05, 3.63) is 44.9 Å². The number of hydrogen-bond acceptors (Lipinski definition) is 5. The molecule has 0 spiro atoms. The molecule has 1 aromatic rings. The van der Waals surface area contributed by atoms with Crippen molar-refractivity contribution < 1.29 is 19.2 Å². The number of ether oxygens (including phenoxy) is 2. The van der Waals surface area contributed by atoms with Gasteiger partial charge in [-0.3, -0.25) is 10.1 Å². The molecule has 0 unspecified atom stereocenters. The minimum absolute atomic E-state index is 0.0908. The summed E-state index contributed by atoms with van der Waals surface area (Å²) in [7, 11) is 0. The van der Waals surface area contributed by atoms with E-state index in [1.807, 2.05) is 0 Å². The van der Waals surface area contributed by atoms with Crippen molar-refractivity contribution in [1.29, 1.82) is 0 Å². The Hall–Kier alpha value is -1.89. The van der Waals surface area contributed by atoms with Gasteiger partial charge in [0.05, 0.1) is 23.2 Å². The Kier molecular flexibility index (Phi) is 5.50. The average Bonchev–Trinajstić information content (AvgIpc) is 2.35. The first-order valence-corrected chi connectivity index (χ1v) is 6.16. The van der Waals surface area contributed by atoms with Gasteiger partial charge in [0.1, 0.15) is 12.4 Å². The molecule has 1 rings (SSSR count). The molecule has 102 valence electrons. The molecule has 0 aliphatic carbocycles. The van der Waals surface area contributed by atoms with Gasteiger partial charge in [-0.2, -0.15) is 0 Å². The number of non-ortho nitro benzene ring substituents is 1. The van der Waals surface area contributed by atoms with Crippen LogP contribution in [0.25, 0.3) is 0 Å². The predicted molar refractivity (Wildman–Crippen MR) is 72.1 cm³/mol. The van der Waals surface area contributed by atoms with Crippen LogP contribution >= 0.6 is 15.9 Å². The molecule has 0 saturated carbocycles. The number of rotatable bonds is 6. The molecule has 0 heterocycles. The molecule has 0 bridgehead atoms. The molecule has 0 radical (unpaired) electrons. The normalized spacial score (nSPS) is 9.79. The summed E-state index contributed by atoms with van der Waals surface area (Å²) >= 11 is 3.14. The number of halogens is 1. The first-order valence-electron chi connectivity index (χ1n) is 5.36. The molecule has 0 aromatic heterocycles. The Morgan fingerprint density at radius 2 is 2.16 bits per heavy atom. The Balaban J connectivity index is 2.70. The molecule has 0 aliphatic rings. The number of benzene rings is 1. The summed E-state index contributed by atoms with van der Waals surface area (Å²) in [6.45, 7) is 5.37.